The highest BCUT2D eigenvalue weighted by Crippen LogP contribution is 2.34. The van der Waals surface area contributed by atoms with Crippen LogP contribution in [0.3, 0.4) is 0 Å². The van der Waals surface area contributed by atoms with Crippen LogP contribution in [0.4, 0.5) is 0 Å². The predicted molar refractivity (Wildman–Crippen MR) is 101 cm³/mol. The maximum Gasteiger partial charge on any atom is 0.326 e. The number of aliphatic carboxylic acids is 1. The number of phenolic OH excluding ortho intramolecular Hbond substituents is 1. The van der Waals surface area contributed by atoms with E-state index in [9.17, 15) is 24.6 Å². The summed E-state index contributed by atoms with van der Waals surface area (Å²) in [7, 11) is 0. The Bertz CT molecular complexity index is 695. The summed E-state index contributed by atoms with van der Waals surface area (Å²) in [5.74, 6) is -1.36. The summed E-state index contributed by atoms with van der Waals surface area (Å²) in [4.78, 5) is 36.0. The molecule has 6 heteroatoms. The van der Waals surface area contributed by atoms with Crippen molar-refractivity contribution in [2.45, 2.75) is 51.5 Å². The molecule has 1 fully saturated rings. The largest absolute Gasteiger partial charge is 0.508 e. The number of aromatic hydroxyl groups is 1. The molecular formula is C21H27NO5. The molecule has 1 aromatic carbocycles. The lowest BCUT2D eigenvalue weighted by molar-refractivity contribution is -0.142. The number of rotatable bonds is 9. The molecule has 0 aromatic heterocycles. The average Bonchev–Trinajstić information content (AvgIpc) is 2.96. The van der Waals surface area contributed by atoms with E-state index >= 15 is 0 Å². The fourth-order valence-corrected chi connectivity index (χ4v) is 3.51. The van der Waals surface area contributed by atoms with Crippen molar-refractivity contribution >= 4 is 17.7 Å². The number of Topliss-reactive ketones (excluding diaryl/α,β-unsaturated/α-hetero) is 1. The summed E-state index contributed by atoms with van der Waals surface area (Å²) >= 11 is 0. The minimum Gasteiger partial charge on any atom is -0.508 e. The Morgan fingerprint density at radius 3 is 2.59 bits per heavy atom. The lowest BCUT2D eigenvalue weighted by Gasteiger charge is -2.19. The smallest absolute Gasteiger partial charge is 0.326 e. The van der Waals surface area contributed by atoms with E-state index in [0.29, 0.717) is 24.8 Å². The second kappa shape index (κ2) is 9.90. The number of benzene rings is 1. The van der Waals surface area contributed by atoms with Crippen molar-refractivity contribution in [2.75, 3.05) is 0 Å². The van der Waals surface area contributed by atoms with E-state index in [1.165, 1.54) is 12.1 Å². The summed E-state index contributed by atoms with van der Waals surface area (Å²) in [6.07, 6.45) is 7.00. The molecule has 0 heterocycles. The molecule has 1 saturated carbocycles. The number of hydrogen-bond donors (Lipinski definition) is 3. The third kappa shape index (κ3) is 6.24. The number of hydrogen-bond acceptors (Lipinski definition) is 4. The highest BCUT2D eigenvalue weighted by atomic mass is 16.4. The van der Waals surface area contributed by atoms with Crippen LogP contribution in [0.25, 0.3) is 0 Å². The van der Waals surface area contributed by atoms with Crippen LogP contribution in [0.1, 0.15) is 44.6 Å². The van der Waals surface area contributed by atoms with Gasteiger partial charge in [0.05, 0.1) is 0 Å². The number of carbonyl (C=O) groups is 3. The molecule has 0 aliphatic heterocycles. The minimum absolute atomic E-state index is 0.0397. The molecule has 0 spiro atoms. The summed E-state index contributed by atoms with van der Waals surface area (Å²) < 4.78 is 0. The Labute approximate surface area is 159 Å². The Morgan fingerprint density at radius 2 is 1.96 bits per heavy atom. The maximum atomic E-state index is 12.4. The zero-order valence-electron chi connectivity index (χ0n) is 15.6. The maximum absolute atomic E-state index is 12.4. The van der Waals surface area contributed by atoms with E-state index in [1.54, 1.807) is 12.1 Å². The summed E-state index contributed by atoms with van der Waals surface area (Å²) in [5, 5.41) is 21.3. The van der Waals surface area contributed by atoms with Gasteiger partial charge in [-0.05, 0) is 42.9 Å². The standard InChI is InChI=1S/C21H27NO5/c1-2-3-4-5-17-15(8-11-19(17)24)13-20(25)22-18(21(26)27)12-14-6-9-16(23)10-7-14/h3-4,6-7,9-10,15,17-18,23H,2,5,8,11-13H2,1H3,(H,22,25)(H,26,27)/t15?,17?,18-/m0/s1. The number of phenols is 1. The van der Waals surface area contributed by atoms with E-state index in [-0.39, 0.29) is 42.1 Å². The molecular weight excluding hydrogens is 346 g/mol. The molecule has 3 atom stereocenters. The molecule has 6 nitrogen and oxygen atoms in total. The van der Waals surface area contributed by atoms with Crippen molar-refractivity contribution in [3.8, 4) is 5.75 Å². The van der Waals surface area contributed by atoms with Gasteiger partial charge >= 0.3 is 5.97 Å². The lowest BCUT2D eigenvalue weighted by atomic mass is 9.89. The molecule has 3 N–H and O–H groups in total. The molecule has 1 aromatic rings. The van der Waals surface area contributed by atoms with Gasteiger partial charge in [0.2, 0.25) is 5.91 Å². The molecule has 1 amide bonds. The van der Waals surface area contributed by atoms with Crippen LogP contribution in [-0.4, -0.2) is 33.9 Å². The van der Waals surface area contributed by atoms with Crippen LogP contribution in [0, 0.1) is 11.8 Å². The van der Waals surface area contributed by atoms with Gasteiger partial charge in [0, 0.05) is 25.2 Å². The predicted octanol–water partition coefficient (Wildman–Crippen LogP) is 2.85. The van der Waals surface area contributed by atoms with Crippen molar-refractivity contribution in [2.24, 2.45) is 11.8 Å². The lowest BCUT2D eigenvalue weighted by Crippen LogP contribution is -2.43. The van der Waals surface area contributed by atoms with Crippen LogP contribution < -0.4 is 5.32 Å². The van der Waals surface area contributed by atoms with Crippen LogP contribution >= 0.6 is 0 Å². The summed E-state index contributed by atoms with van der Waals surface area (Å²) in [6.45, 7) is 2.03. The number of ketones is 1. The van der Waals surface area contributed by atoms with Crippen LogP contribution in [0.5, 0.6) is 5.75 Å². The van der Waals surface area contributed by atoms with Gasteiger partial charge in [-0.25, -0.2) is 4.79 Å². The van der Waals surface area contributed by atoms with Gasteiger partial charge in [-0.15, -0.1) is 0 Å². The fourth-order valence-electron chi connectivity index (χ4n) is 3.51. The zero-order valence-corrected chi connectivity index (χ0v) is 15.6. The Hall–Kier alpha value is -2.63. The molecule has 146 valence electrons. The average molecular weight is 373 g/mol. The highest BCUT2D eigenvalue weighted by molar-refractivity contribution is 5.87. The first kappa shape index (κ1) is 20.7. The monoisotopic (exact) mass is 373 g/mol. The van der Waals surface area contributed by atoms with Gasteiger partial charge in [0.25, 0.3) is 0 Å². The van der Waals surface area contributed by atoms with Crippen LogP contribution in [0.15, 0.2) is 36.4 Å². The molecule has 0 radical (unpaired) electrons. The van der Waals surface area contributed by atoms with Crippen molar-refractivity contribution in [1.29, 1.82) is 0 Å². The van der Waals surface area contributed by atoms with Gasteiger partial charge in [-0.1, -0.05) is 31.2 Å². The molecule has 2 rings (SSSR count). The highest BCUT2D eigenvalue weighted by Gasteiger charge is 2.35. The van der Waals surface area contributed by atoms with Gasteiger partial charge in [-0.3, -0.25) is 9.59 Å². The van der Waals surface area contributed by atoms with Gasteiger partial charge < -0.3 is 15.5 Å². The first-order chi connectivity index (χ1) is 12.9. The van der Waals surface area contributed by atoms with E-state index < -0.39 is 12.0 Å². The Balaban J connectivity index is 1.94. The topological polar surface area (TPSA) is 104 Å². The van der Waals surface area contributed by atoms with Gasteiger partial charge in [0.1, 0.15) is 17.6 Å². The number of carboxylic acid groups (broad SMARTS) is 1. The minimum atomic E-state index is -1.11. The van der Waals surface area contributed by atoms with Crippen molar-refractivity contribution < 1.29 is 24.6 Å². The van der Waals surface area contributed by atoms with Gasteiger partial charge in [-0.2, -0.15) is 0 Å². The fraction of sp³-hybridized carbons (Fsp3) is 0.476. The SMILES string of the molecule is CCC=CCC1C(=O)CCC1CC(=O)N[C@@H](Cc1ccc(O)cc1)C(=O)O. The number of nitrogens with one attached hydrogen (secondary N) is 1. The van der Waals surface area contributed by atoms with Crippen LogP contribution in [-0.2, 0) is 20.8 Å². The first-order valence-electron chi connectivity index (χ1n) is 9.38. The van der Waals surface area contributed by atoms with E-state index in [4.69, 9.17) is 0 Å². The number of carbonyl (C=O) groups excluding carboxylic acids is 2. The van der Waals surface area contributed by atoms with Gasteiger partial charge in [0.15, 0.2) is 0 Å². The Kier molecular flexibility index (Phi) is 7.58. The first-order valence-corrected chi connectivity index (χ1v) is 9.38. The normalized spacial score (nSPS) is 20.7. The quantitative estimate of drug-likeness (QED) is 0.578. The third-order valence-corrected chi connectivity index (χ3v) is 4.99. The number of allylic oxidation sites excluding steroid dienone is 2. The Morgan fingerprint density at radius 1 is 1.26 bits per heavy atom. The molecule has 0 saturated heterocycles. The molecule has 27 heavy (non-hydrogen) atoms. The van der Waals surface area contributed by atoms with E-state index in [1.807, 2.05) is 19.1 Å². The second-order valence-corrected chi connectivity index (χ2v) is 7.02. The number of amides is 1. The van der Waals surface area contributed by atoms with Crippen molar-refractivity contribution in [1.82, 2.24) is 5.32 Å². The van der Waals surface area contributed by atoms with Crippen LogP contribution in [0.2, 0.25) is 0 Å². The molecule has 1 aliphatic carbocycles. The summed E-state index contributed by atoms with van der Waals surface area (Å²) in [5.41, 5.74) is 0.708. The second-order valence-electron chi connectivity index (χ2n) is 7.02. The third-order valence-electron chi connectivity index (χ3n) is 4.99. The zero-order chi connectivity index (χ0) is 19.8. The van der Waals surface area contributed by atoms with E-state index in [2.05, 4.69) is 5.32 Å². The molecule has 2 unspecified atom stereocenters. The van der Waals surface area contributed by atoms with Crippen molar-refractivity contribution in [3.05, 3.63) is 42.0 Å². The number of carboxylic acids is 1. The van der Waals surface area contributed by atoms with E-state index in [0.717, 1.165) is 6.42 Å². The molecule has 1 aliphatic rings. The van der Waals surface area contributed by atoms with Crippen molar-refractivity contribution in [3.63, 3.8) is 0 Å². The summed E-state index contributed by atoms with van der Waals surface area (Å²) in [6, 6.07) is 5.17. The molecule has 0 bridgehead atoms.